The Labute approximate surface area is 60.6 Å². The molecule has 1 N–H and O–H groups in total. The summed E-state index contributed by atoms with van der Waals surface area (Å²) in [5.41, 5.74) is 4.88. The Morgan fingerprint density at radius 3 is 3.20 bits per heavy atom. The maximum Gasteiger partial charge on any atom is 0.0472 e. The van der Waals surface area contributed by atoms with Crippen molar-refractivity contribution in [2.75, 3.05) is 0 Å². The van der Waals surface area contributed by atoms with E-state index >= 15 is 0 Å². The van der Waals surface area contributed by atoms with E-state index in [1.54, 1.807) is 6.21 Å². The van der Waals surface area contributed by atoms with Crippen molar-refractivity contribution in [1.29, 1.82) is 0 Å². The molecule has 1 heterocycles. The molecular weight excluding hydrogens is 124 g/mol. The molecule has 0 unspecified atom stereocenters. The molecule has 2 nitrogen and oxygen atoms in total. The molecule has 2 heteroatoms. The SMILES string of the molecule is C=C1/C=C\C=N/N/C=C\1C. The Kier molecular flexibility index (Phi) is 2.05. The first kappa shape index (κ1) is 6.81. The van der Waals surface area contributed by atoms with Crippen molar-refractivity contribution in [3.8, 4) is 0 Å². The highest BCUT2D eigenvalue weighted by Crippen LogP contribution is 2.06. The number of hydrazone groups is 1. The van der Waals surface area contributed by atoms with Crippen LogP contribution in [0.25, 0.3) is 0 Å². The van der Waals surface area contributed by atoms with E-state index < -0.39 is 0 Å². The van der Waals surface area contributed by atoms with Crippen molar-refractivity contribution < 1.29 is 0 Å². The maximum absolute atomic E-state index is 3.84. The zero-order valence-electron chi connectivity index (χ0n) is 5.96. The van der Waals surface area contributed by atoms with Crippen LogP contribution in [-0.2, 0) is 0 Å². The number of hydrogen-bond acceptors (Lipinski definition) is 2. The molecule has 0 aromatic carbocycles. The highest BCUT2D eigenvalue weighted by atomic mass is 15.3. The topological polar surface area (TPSA) is 24.4 Å². The molecule has 0 bridgehead atoms. The Balaban J connectivity index is 2.85. The van der Waals surface area contributed by atoms with E-state index in [9.17, 15) is 0 Å². The van der Waals surface area contributed by atoms with Crippen molar-refractivity contribution in [2.45, 2.75) is 6.92 Å². The molecule has 1 rings (SSSR count). The summed E-state index contributed by atoms with van der Waals surface area (Å²) in [5, 5.41) is 3.84. The van der Waals surface area contributed by atoms with Gasteiger partial charge in [0.25, 0.3) is 0 Å². The fourth-order valence-electron chi connectivity index (χ4n) is 0.603. The van der Waals surface area contributed by atoms with Crippen LogP contribution in [0.1, 0.15) is 6.92 Å². The second-order valence-corrected chi connectivity index (χ2v) is 2.12. The molecule has 0 amide bonds. The Bertz CT molecular complexity index is 221. The van der Waals surface area contributed by atoms with Gasteiger partial charge in [-0.1, -0.05) is 12.7 Å². The molecule has 1 aliphatic heterocycles. The fraction of sp³-hybridized carbons (Fsp3) is 0.125. The minimum atomic E-state index is 1.01. The second-order valence-electron chi connectivity index (χ2n) is 2.12. The molecule has 0 spiro atoms. The number of nitrogens with one attached hydrogen (secondary N) is 1. The molecule has 1 aliphatic rings. The average molecular weight is 134 g/mol. The third kappa shape index (κ3) is 1.58. The van der Waals surface area contributed by atoms with E-state index in [-0.39, 0.29) is 0 Å². The highest BCUT2D eigenvalue weighted by Gasteiger charge is 1.91. The first-order chi connectivity index (χ1) is 4.80. The van der Waals surface area contributed by atoms with Gasteiger partial charge < -0.3 is 0 Å². The standard InChI is InChI=1S/C8H10N2/c1-7-4-3-5-9-10-6-8(7)2/h3-6,10H,1H2,2H3/b4-3-,8-6-,9-5-. The summed E-state index contributed by atoms with van der Waals surface area (Å²) in [5.74, 6) is 0. The summed E-state index contributed by atoms with van der Waals surface area (Å²) in [7, 11) is 0. The molecule has 0 aromatic rings. The monoisotopic (exact) mass is 134 g/mol. The molecule has 0 saturated carbocycles. The van der Waals surface area contributed by atoms with Gasteiger partial charge in [0.15, 0.2) is 0 Å². The Hall–Kier alpha value is -1.31. The molecule has 0 atom stereocenters. The van der Waals surface area contributed by atoms with Crippen molar-refractivity contribution in [3.05, 3.63) is 36.1 Å². The molecule has 10 heavy (non-hydrogen) atoms. The van der Waals surface area contributed by atoms with Crippen LogP contribution in [0.15, 0.2) is 41.2 Å². The van der Waals surface area contributed by atoms with Gasteiger partial charge in [-0.2, -0.15) is 5.10 Å². The van der Waals surface area contributed by atoms with Crippen LogP contribution in [0.3, 0.4) is 0 Å². The highest BCUT2D eigenvalue weighted by molar-refractivity contribution is 5.72. The van der Waals surface area contributed by atoms with Gasteiger partial charge in [-0.15, -0.1) is 0 Å². The number of nitrogens with zero attached hydrogens (tertiary/aromatic N) is 1. The summed E-state index contributed by atoms with van der Waals surface area (Å²) in [4.78, 5) is 0. The Morgan fingerprint density at radius 2 is 2.40 bits per heavy atom. The number of hydrogen-bond donors (Lipinski definition) is 1. The number of rotatable bonds is 0. The van der Waals surface area contributed by atoms with Crippen molar-refractivity contribution in [2.24, 2.45) is 5.10 Å². The summed E-state index contributed by atoms with van der Waals surface area (Å²) in [6, 6.07) is 0. The van der Waals surface area contributed by atoms with Crippen LogP contribution < -0.4 is 5.43 Å². The lowest BCUT2D eigenvalue weighted by molar-refractivity contribution is 0.961. The lowest BCUT2D eigenvalue weighted by Gasteiger charge is -2.01. The van der Waals surface area contributed by atoms with Gasteiger partial charge in [0, 0.05) is 12.4 Å². The second kappa shape index (κ2) is 3.01. The van der Waals surface area contributed by atoms with Crippen LogP contribution in [-0.4, -0.2) is 6.21 Å². The molecule has 52 valence electrons. The molecule has 0 fully saturated rings. The smallest absolute Gasteiger partial charge is 0.0472 e. The minimum absolute atomic E-state index is 1.01. The van der Waals surface area contributed by atoms with E-state index in [4.69, 9.17) is 0 Å². The quantitative estimate of drug-likeness (QED) is 0.534. The fourth-order valence-corrected chi connectivity index (χ4v) is 0.603. The zero-order valence-corrected chi connectivity index (χ0v) is 5.96. The van der Waals surface area contributed by atoms with E-state index in [1.165, 1.54) is 0 Å². The average Bonchev–Trinajstić information content (AvgIpc) is 1.92. The lowest BCUT2D eigenvalue weighted by Crippen LogP contribution is -1.97. The summed E-state index contributed by atoms with van der Waals surface area (Å²) >= 11 is 0. The summed E-state index contributed by atoms with van der Waals surface area (Å²) < 4.78 is 0. The van der Waals surface area contributed by atoms with Crippen LogP contribution in [0.5, 0.6) is 0 Å². The van der Waals surface area contributed by atoms with Crippen molar-refractivity contribution in [3.63, 3.8) is 0 Å². The van der Waals surface area contributed by atoms with Crippen LogP contribution in [0.2, 0.25) is 0 Å². The normalized spacial score (nSPS) is 28.9. The van der Waals surface area contributed by atoms with Gasteiger partial charge in [-0.25, -0.2) is 0 Å². The van der Waals surface area contributed by atoms with Gasteiger partial charge in [0.2, 0.25) is 0 Å². The van der Waals surface area contributed by atoms with Crippen molar-refractivity contribution >= 4 is 6.21 Å². The predicted molar refractivity (Wildman–Crippen MR) is 43.7 cm³/mol. The van der Waals surface area contributed by atoms with Crippen LogP contribution in [0, 0.1) is 0 Å². The third-order valence-electron chi connectivity index (χ3n) is 1.32. The van der Waals surface area contributed by atoms with E-state index in [2.05, 4.69) is 17.1 Å². The Morgan fingerprint density at radius 1 is 1.60 bits per heavy atom. The first-order valence-electron chi connectivity index (χ1n) is 3.12. The first-order valence-corrected chi connectivity index (χ1v) is 3.12. The van der Waals surface area contributed by atoms with Gasteiger partial charge in [-0.05, 0) is 24.1 Å². The van der Waals surface area contributed by atoms with E-state index in [0.717, 1.165) is 11.1 Å². The van der Waals surface area contributed by atoms with E-state index in [1.807, 2.05) is 25.3 Å². The van der Waals surface area contributed by atoms with Gasteiger partial charge in [0.1, 0.15) is 0 Å². The summed E-state index contributed by atoms with van der Waals surface area (Å²) in [6.45, 7) is 5.83. The molecule has 0 saturated heterocycles. The molecule has 0 aromatic heterocycles. The van der Waals surface area contributed by atoms with Crippen molar-refractivity contribution in [1.82, 2.24) is 5.43 Å². The van der Waals surface area contributed by atoms with Gasteiger partial charge >= 0.3 is 0 Å². The minimum Gasteiger partial charge on any atom is -0.286 e. The van der Waals surface area contributed by atoms with Crippen LogP contribution >= 0.6 is 0 Å². The van der Waals surface area contributed by atoms with Gasteiger partial charge in [-0.3, -0.25) is 5.43 Å². The van der Waals surface area contributed by atoms with Crippen LogP contribution in [0.4, 0.5) is 0 Å². The maximum atomic E-state index is 3.84. The lowest BCUT2D eigenvalue weighted by atomic mass is 10.1. The largest absolute Gasteiger partial charge is 0.286 e. The number of allylic oxidation sites excluding steroid dienone is 4. The predicted octanol–water partition coefficient (Wildman–Crippen LogP) is 1.59. The van der Waals surface area contributed by atoms with Gasteiger partial charge in [0.05, 0.1) is 0 Å². The zero-order chi connectivity index (χ0) is 7.40. The van der Waals surface area contributed by atoms with E-state index in [0.29, 0.717) is 0 Å². The molecular formula is C8H10N2. The third-order valence-corrected chi connectivity index (χ3v) is 1.32. The molecule has 0 aliphatic carbocycles. The molecule has 0 radical (unpaired) electrons. The summed E-state index contributed by atoms with van der Waals surface area (Å²) in [6.07, 6.45) is 7.29.